The minimum Gasteiger partial charge on any atom is -0.390 e. The fourth-order valence-corrected chi connectivity index (χ4v) is 8.75. The van der Waals surface area contributed by atoms with Crippen LogP contribution >= 0.6 is 0 Å². The van der Waals surface area contributed by atoms with Gasteiger partial charge in [-0.2, -0.15) is 0 Å². The van der Waals surface area contributed by atoms with Crippen molar-refractivity contribution >= 4 is 12.2 Å². The monoisotopic (exact) mass is 686 g/mol. The Morgan fingerprint density at radius 1 is 1.02 bits per heavy atom. The first-order valence-electron chi connectivity index (χ1n) is 19.3. The number of aliphatic hydroxyl groups is 1. The third-order valence-corrected chi connectivity index (χ3v) is 11.7. The average molecular weight is 686 g/mol. The van der Waals surface area contributed by atoms with Crippen LogP contribution in [0.1, 0.15) is 145 Å². The van der Waals surface area contributed by atoms with Crippen molar-refractivity contribution in [1.29, 1.82) is 0 Å². The second-order valence-corrected chi connectivity index (χ2v) is 17.5. The third-order valence-electron chi connectivity index (χ3n) is 11.7. The van der Waals surface area contributed by atoms with Crippen molar-refractivity contribution in [3.05, 3.63) is 35.5 Å². The van der Waals surface area contributed by atoms with Crippen molar-refractivity contribution in [3.8, 4) is 0 Å². The maximum absolute atomic E-state index is 12.6. The van der Waals surface area contributed by atoms with Gasteiger partial charge in [0.1, 0.15) is 12.9 Å². The average Bonchev–Trinajstić information content (AvgIpc) is 3.36. The Balaban J connectivity index is 1.41. The van der Waals surface area contributed by atoms with Crippen LogP contribution in [0.5, 0.6) is 0 Å². The van der Waals surface area contributed by atoms with Crippen LogP contribution < -0.4 is 5.32 Å². The molecule has 3 fully saturated rings. The molecule has 0 heterocycles. The Morgan fingerprint density at radius 3 is 2.49 bits per heavy atom. The smallest absolute Gasteiger partial charge is 0.222 e. The lowest BCUT2D eigenvalue weighted by Crippen LogP contribution is -2.36. The molecule has 280 valence electrons. The Hall–Kier alpha value is -1.80. The van der Waals surface area contributed by atoms with Crippen molar-refractivity contribution in [1.82, 2.24) is 5.32 Å². The van der Waals surface area contributed by atoms with Crippen LogP contribution in [-0.2, 0) is 23.8 Å². The highest BCUT2D eigenvalue weighted by atomic mass is 16.5. The van der Waals surface area contributed by atoms with Crippen LogP contribution in [0, 0.1) is 23.2 Å². The van der Waals surface area contributed by atoms with Crippen LogP contribution in [0.2, 0.25) is 0 Å². The molecule has 3 rings (SSSR count). The minimum absolute atomic E-state index is 0.0266. The number of amides is 1. The van der Waals surface area contributed by atoms with Gasteiger partial charge in [0.25, 0.3) is 0 Å². The van der Waals surface area contributed by atoms with Gasteiger partial charge < -0.3 is 29.4 Å². The summed E-state index contributed by atoms with van der Waals surface area (Å²) in [7, 11) is 0. The quantitative estimate of drug-likeness (QED) is 0.0983. The summed E-state index contributed by atoms with van der Waals surface area (Å²) in [6.45, 7) is 22.7. The van der Waals surface area contributed by atoms with Gasteiger partial charge in [-0.25, -0.2) is 0 Å². The molecule has 0 bridgehead atoms. The molecule has 0 aliphatic heterocycles. The van der Waals surface area contributed by atoms with Gasteiger partial charge in [0.15, 0.2) is 0 Å². The van der Waals surface area contributed by atoms with E-state index in [1.165, 1.54) is 49.7 Å². The molecule has 0 saturated heterocycles. The molecule has 7 heteroatoms. The summed E-state index contributed by atoms with van der Waals surface area (Å²) in [6, 6.07) is 0. The predicted octanol–water partition coefficient (Wildman–Crippen LogP) is 8.83. The van der Waals surface area contributed by atoms with Gasteiger partial charge in [0.2, 0.25) is 5.91 Å². The summed E-state index contributed by atoms with van der Waals surface area (Å²) in [5.41, 5.74) is 3.00. The standard InChI is InChI=1S/C42H71NO6/c1-31-15-18-35(47-26-12-24-43-38(45)30-41(7,8)48-27-23-40(5,6)49-28-25-44)29-34(31)17-16-33-14-11-22-42(9)36(19-20-37(33)42)32(2)13-10-21-39(3,4)46/h16-17,25,32,35-37,46H,1,10-15,18-24,26-30H2,2-9H3,(H,43,45)/b33-16+,34-17-/t32-,35+,36?,37+,42-/m1/s1. The van der Waals surface area contributed by atoms with Crippen molar-refractivity contribution in [2.24, 2.45) is 23.2 Å². The topological polar surface area (TPSA) is 94.1 Å². The van der Waals surface area contributed by atoms with E-state index in [1.807, 2.05) is 41.5 Å². The number of rotatable bonds is 20. The molecule has 0 aromatic rings. The number of nitrogens with one attached hydrogen (secondary N) is 1. The zero-order valence-corrected chi connectivity index (χ0v) is 32.5. The van der Waals surface area contributed by atoms with Gasteiger partial charge in [0.05, 0.1) is 35.9 Å². The number of allylic oxidation sites excluding steroid dienone is 4. The van der Waals surface area contributed by atoms with Crippen LogP contribution in [0.15, 0.2) is 35.5 Å². The molecule has 3 saturated carbocycles. The number of carbonyl (C=O) groups excluding carboxylic acids is 2. The maximum atomic E-state index is 12.6. The fourth-order valence-electron chi connectivity index (χ4n) is 8.75. The number of fused-ring (bicyclic) bond motifs is 1. The highest BCUT2D eigenvalue weighted by molar-refractivity contribution is 5.76. The van der Waals surface area contributed by atoms with E-state index in [0.717, 1.165) is 50.7 Å². The van der Waals surface area contributed by atoms with E-state index in [4.69, 9.17) is 14.2 Å². The number of carbonyl (C=O) groups is 2. The molecule has 3 aliphatic rings. The lowest BCUT2D eigenvalue weighted by molar-refractivity contribution is -0.130. The van der Waals surface area contributed by atoms with Gasteiger partial charge in [-0.05, 0) is 141 Å². The summed E-state index contributed by atoms with van der Waals surface area (Å²) >= 11 is 0. The van der Waals surface area contributed by atoms with E-state index in [-0.39, 0.29) is 25.0 Å². The summed E-state index contributed by atoms with van der Waals surface area (Å²) in [5, 5.41) is 13.2. The second-order valence-electron chi connectivity index (χ2n) is 17.5. The first kappa shape index (κ1) is 41.6. The Labute approximate surface area is 299 Å². The number of hydrogen-bond donors (Lipinski definition) is 2. The van der Waals surface area contributed by atoms with E-state index < -0.39 is 16.8 Å². The predicted molar refractivity (Wildman–Crippen MR) is 199 cm³/mol. The molecule has 49 heavy (non-hydrogen) atoms. The Kier molecular flexibility index (Phi) is 15.8. The van der Waals surface area contributed by atoms with E-state index in [0.29, 0.717) is 43.4 Å². The molecular formula is C42H71NO6. The summed E-state index contributed by atoms with van der Waals surface area (Å²) < 4.78 is 17.8. The van der Waals surface area contributed by atoms with Crippen molar-refractivity contribution in [3.63, 3.8) is 0 Å². The molecule has 0 radical (unpaired) electrons. The molecule has 0 spiro atoms. The van der Waals surface area contributed by atoms with Gasteiger partial charge >= 0.3 is 0 Å². The molecule has 0 aromatic heterocycles. The summed E-state index contributed by atoms with van der Waals surface area (Å²) in [6.07, 6.45) is 20.0. The van der Waals surface area contributed by atoms with Crippen molar-refractivity contribution < 1.29 is 28.9 Å². The first-order chi connectivity index (χ1) is 22.9. The lowest BCUT2D eigenvalue weighted by atomic mass is 9.60. The maximum Gasteiger partial charge on any atom is 0.222 e. The Bertz CT molecular complexity index is 1150. The number of ether oxygens (including phenoxy) is 3. The van der Waals surface area contributed by atoms with Gasteiger partial charge in [-0.3, -0.25) is 4.79 Å². The SMILES string of the molecule is C=C1CC[C@H](OCCCNC(=O)CC(C)(C)OCCC(C)(C)OCC=O)C/C1=C/C=C1\CCC[C@]2(C)C([C@H](C)CCCC(C)(C)O)CC[C@@H]12. The van der Waals surface area contributed by atoms with Crippen LogP contribution in [0.25, 0.3) is 0 Å². The van der Waals surface area contributed by atoms with Crippen molar-refractivity contribution in [2.75, 3.05) is 26.4 Å². The summed E-state index contributed by atoms with van der Waals surface area (Å²) in [4.78, 5) is 23.2. The largest absolute Gasteiger partial charge is 0.390 e. The molecule has 7 nitrogen and oxygen atoms in total. The van der Waals surface area contributed by atoms with E-state index in [1.54, 1.807) is 5.57 Å². The molecule has 1 unspecified atom stereocenters. The number of aldehydes is 1. The molecular weight excluding hydrogens is 614 g/mol. The third kappa shape index (κ3) is 13.7. The van der Waals surface area contributed by atoms with Gasteiger partial charge in [-0.1, -0.05) is 56.6 Å². The summed E-state index contributed by atoms with van der Waals surface area (Å²) in [5.74, 6) is 2.12. The van der Waals surface area contributed by atoms with Crippen LogP contribution in [-0.4, -0.2) is 66.6 Å². The minimum atomic E-state index is -0.587. The zero-order valence-electron chi connectivity index (χ0n) is 32.5. The first-order valence-corrected chi connectivity index (χ1v) is 19.3. The second kappa shape index (κ2) is 18.6. The van der Waals surface area contributed by atoms with Crippen LogP contribution in [0.4, 0.5) is 0 Å². The van der Waals surface area contributed by atoms with Gasteiger partial charge in [-0.15, -0.1) is 0 Å². The van der Waals surface area contributed by atoms with E-state index in [2.05, 4.69) is 37.9 Å². The molecule has 2 N–H and O–H groups in total. The lowest BCUT2D eigenvalue weighted by Gasteiger charge is -2.44. The fraction of sp³-hybridized carbons (Fsp3) is 0.810. The number of hydrogen-bond acceptors (Lipinski definition) is 6. The molecule has 0 aromatic carbocycles. The molecule has 1 amide bonds. The zero-order chi connectivity index (χ0) is 36.3. The highest BCUT2D eigenvalue weighted by Crippen LogP contribution is 2.60. The van der Waals surface area contributed by atoms with E-state index in [9.17, 15) is 14.7 Å². The normalized spacial score (nSPS) is 27.4. The molecule has 5 atom stereocenters. The van der Waals surface area contributed by atoms with E-state index >= 15 is 0 Å². The Morgan fingerprint density at radius 2 is 1.78 bits per heavy atom. The van der Waals surface area contributed by atoms with Crippen molar-refractivity contribution in [2.45, 2.75) is 168 Å². The van der Waals surface area contributed by atoms with Crippen LogP contribution in [0.3, 0.4) is 0 Å². The highest BCUT2D eigenvalue weighted by Gasteiger charge is 2.50. The van der Waals surface area contributed by atoms with Gasteiger partial charge in [0, 0.05) is 13.2 Å². The molecule has 3 aliphatic carbocycles.